The van der Waals surface area contributed by atoms with Crippen LogP contribution in [0.2, 0.25) is 0 Å². The molecule has 0 fully saturated rings. The zero-order valence-corrected chi connectivity index (χ0v) is 11.4. The van der Waals surface area contributed by atoms with Gasteiger partial charge in [-0.05, 0) is 6.42 Å². The molecule has 0 bridgehead atoms. The smallest absolute Gasteiger partial charge is 0.349 e. The Morgan fingerprint density at radius 2 is 2.15 bits per heavy atom. The molecule has 5 nitrogen and oxygen atoms in total. The number of nitrogens with zero attached hydrogens (tertiary/aromatic N) is 3. The van der Waals surface area contributed by atoms with Crippen LogP contribution in [0.4, 0.5) is 13.2 Å². The summed E-state index contributed by atoms with van der Waals surface area (Å²) in [7, 11) is 0. The predicted octanol–water partition coefficient (Wildman–Crippen LogP) is 1.67. The normalized spacial score (nSPS) is 19.0. The van der Waals surface area contributed by atoms with E-state index < -0.39 is 12.1 Å². The lowest BCUT2D eigenvalue weighted by atomic mass is 9.99. The molecule has 0 radical (unpaired) electrons. The van der Waals surface area contributed by atoms with Gasteiger partial charge in [-0.25, -0.2) is 0 Å². The van der Waals surface area contributed by atoms with E-state index in [1.807, 2.05) is 0 Å². The molecular formula is C12H17F3N4O. The summed E-state index contributed by atoms with van der Waals surface area (Å²) in [6.07, 6.45) is -3.91. The van der Waals surface area contributed by atoms with E-state index in [1.54, 1.807) is 13.8 Å². The van der Waals surface area contributed by atoms with E-state index in [-0.39, 0.29) is 37.8 Å². The van der Waals surface area contributed by atoms with Gasteiger partial charge in [-0.15, -0.1) is 10.2 Å². The van der Waals surface area contributed by atoms with Gasteiger partial charge in [0.25, 0.3) is 0 Å². The number of alkyl halides is 3. The fraction of sp³-hybridized carbons (Fsp3) is 0.750. The maximum absolute atomic E-state index is 12.8. The number of hydrogen-bond acceptors (Lipinski definition) is 3. The molecule has 1 atom stereocenters. The summed E-state index contributed by atoms with van der Waals surface area (Å²) in [6, 6.07) is 0. The minimum absolute atomic E-state index is 0.0417. The number of hydrogen-bond donors (Lipinski definition) is 1. The van der Waals surface area contributed by atoms with Crippen molar-refractivity contribution in [2.24, 2.45) is 11.8 Å². The number of carbonyl (C=O) groups excluding carboxylic acids is 1. The van der Waals surface area contributed by atoms with Gasteiger partial charge in [-0.1, -0.05) is 13.8 Å². The van der Waals surface area contributed by atoms with Crippen molar-refractivity contribution in [2.45, 2.75) is 46.0 Å². The second kappa shape index (κ2) is 5.41. The molecule has 2 rings (SSSR count). The van der Waals surface area contributed by atoms with E-state index >= 15 is 0 Å². The molecule has 112 valence electrons. The standard InChI is InChI=1S/C12H17F3N4O/c1-7(2)11(20)16-5-10-18-17-9-4-3-8(6-19(9)10)12(13,14)15/h7-8H,3-6H2,1-2H3,(H,16,20). The second-order valence-corrected chi connectivity index (χ2v) is 5.29. The zero-order valence-electron chi connectivity index (χ0n) is 11.4. The Morgan fingerprint density at radius 1 is 1.45 bits per heavy atom. The first-order chi connectivity index (χ1) is 9.29. The highest BCUT2D eigenvalue weighted by Crippen LogP contribution is 2.34. The zero-order chi connectivity index (χ0) is 14.9. The van der Waals surface area contributed by atoms with Crippen LogP contribution >= 0.6 is 0 Å². The van der Waals surface area contributed by atoms with Gasteiger partial charge in [0.15, 0.2) is 5.82 Å². The van der Waals surface area contributed by atoms with Crippen LogP contribution in [0.15, 0.2) is 0 Å². The molecule has 1 aromatic rings. The molecule has 1 N–H and O–H groups in total. The molecule has 1 amide bonds. The van der Waals surface area contributed by atoms with Crippen molar-refractivity contribution < 1.29 is 18.0 Å². The van der Waals surface area contributed by atoms with E-state index in [1.165, 1.54) is 4.57 Å². The Labute approximate surface area is 114 Å². The van der Waals surface area contributed by atoms with Gasteiger partial charge in [0.1, 0.15) is 5.82 Å². The first kappa shape index (κ1) is 14.8. The number of amides is 1. The lowest BCUT2D eigenvalue weighted by Crippen LogP contribution is -2.34. The van der Waals surface area contributed by atoms with Crippen LogP contribution in [0.5, 0.6) is 0 Å². The highest BCUT2D eigenvalue weighted by Gasteiger charge is 2.42. The fourth-order valence-electron chi connectivity index (χ4n) is 2.15. The third-order valence-corrected chi connectivity index (χ3v) is 3.43. The highest BCUT2D eigenvalue weighted by atomic mass is 19.4. The molecule has 0 aromatic carbocycles. The number of aryl methyl sites for hydroxylation is 1. The summed E-state index contributed by atoms with van der Waals surface area (Å²) in [4.78, 5) is 11.5. The maximum atomic E-state index is 12.8. The molecule has 0 saturated carbocycles. The lowest BCUT2D eigenvalue weighted by Gasteiger charge is -2.26. The predicted molar refractivity (Wildman–Crippen MR) is 64.6 cm³/mol. The molecule has 0 saturated heterocycles. The van der Waals surface area contributed by atoms with Crippen LogP contribution in [-0.4, -0.2) is 26.8 Å². The largest absolute Gasteiger partial charge is 0.393 e. The molecule has 20 heavy (non-hydrogen) atoms. The number of halogens is 3. The van der Waals surface area contributed by atoms with Crippen molar-refractivity contribution in [1.29, 1.82) is 0 Å². The molecule has 0 spiro atoms. The minimum Gasteiger partial charge on any atom is -0.349 e. The molecule has 8 heteroatoms. The van der Waals surface area contributed by atoms with Crippen LogP contribution in [0.3, 0.4) is 0 Å². The van der Waals surface area contributed by atoms with Crippen LogP contribution in [0, 0.1) is 11.8 Å². The summed E-state index contributed by atoms with van der Waals surface area (Å²) >= 11 is 0. The van der Waals surface area contributed by atoms with Crippen molar-refractivity contribution in [1.82, 2.24) is 20.1 Å². The lowest BCUT2D eigenvalue weighted by molar-refractivity contribution is -0.182. The topological polar surface area (TPSA) is 59.8 Å². The van der Waals surface area contributed by atoms with E-state index in [0.29, 0.717) is 11.6 Å². The highest BCUT2D eigenvalue weighted by molar-refractivity contribution is 5.77. The number of aromatic nitrogens is 3. The first-order valence-corrected chi connectivity index (χ1v) is 6.54. The summed E-state index contributed by atoms with van der Waals surface area (Å²) in [5, 5.41) is 10.4. The summed E-state index contributed by atoms with van der Waals surface area (Å²) in [6.45, 7) is 3.43. The third kappa shape index (κ3) is 3.10. The Morgan fingerprint density at radius 3 is 2.75 bits per heavy atom. The summed E-state index contributed by atoms with van der Waals surface area (Å²) in [5.74, 6) is -0.778. The van der Waals surface area contributed by atoms with Gasteiger partial charge in [0, 0.05) is 18.9 Å². The molecular weight excluding hydrogens is 273 g/mol. The average Bonchev–Trinajstić information content (AvgIpc) is 2.77. The Balaban J connectivity index is 2.08. The van der Waals surface area contributed by atoms with Crippen LogP contribution < -0.4 is 5.32 Å². The monoisotopic (exact) mass is 290 g/mol. The quantitative estimate of drug-likeness (QED) is 0.921. The van der Waals surface area contributed by atoms with Crippen molar-refractivity contribution in [3.05, 3.63) is 11.6 Å². The van der Waals surface area contributed by atoms with E-state index in [4.69, 9.17) is 0 Å². The van der Waals surface area contributed by atoms with Crippen LogP contribution in [-0.2, 0) is 24.3 Å². The number of rotatable bonds is 3. The second-order valence-electron chi connectivity index (χ2n) is 5.29. The molecule has 1 aliphatic rings. The third-order valence-electron chi connectivity index (χ3n) is 3.43. The summed E-state index contributed by atoms with van der Waals surface area (Å²) in [5.41, 5.74) is 0. The first-order valence-electron chi connectivity index (χ1n) is 6.54. The molecule has 2 heterocycles. The van der Waals surface area contributed by atoms with E-state index in [0.717, 1.165) is 0 Å². The van der Waals surface area contributed by atoms with Crippen LogP contribution in [0.25, 0.3) is 0 Å². The van der Waals surface area contributed by atoms with E-state index in [2.05, 4.69) is 15.5 Å². The van der Waals surface area contributed by atoms with Crippen molar-refractivity contribution in [3.63, 3.8) is 0 Å². The number of carbonyl (C=O) groups is 1. The Bertz CT molecular complexity index is 495. The van der Waals surface area contributed by atoms with Crippen molar-refractivity contribution in [3.8, 4) is 0 Å². The van der Waals surface area contributed by atoms with E-state index in [9.17, 15) is 18.0 Å². The molecule has 1 aliphatic heterocycles. The number of nitrogens with one attached hydrogen (secondary N) is 1. The molecule has 1 unspecified atom stereocenters. The number of fused-ring (bicyclic) bond motifs is 1. The van der Waals surface area contributed by atoms with Crippen molar-refractivity contribution in [2.75, 3.05) is 0 Å². The fourth-order valence-corrected chi connectivity index (χ4v) is 2.15. The van der Waals surface area contributed by atoms with Gasteiger partial charge in [0.2, 0.25) is 5.91 Å². The summed E-state index contributed by atoms with van der Waals surface area (Å²) < 4.78 is 39.8. The van der Waals surface area contributed by atoms with Gasteiger partial charge in [-0.3, -0.25) is 4.79 Å². The van der Waals surface area contributed by atoms with Gasteiger partial charge in [-0.2, -0.15) is 13.2 Å². The molecule has 0 aliphatic carbocycles. The SMILES string of the molecule is CC(C)C(=O)NCc1nnc2n1CC(C(F)(F)F)CC2. The Kier molecular flexibility index (Phi) is 4.01. The van der Waals surface area contributed by atoms with Gasteiger partial charge < -0.3 is 9.88 Å². The van der Waals surface area contributed by atoms with Gasteiger partial charge in [0.05, 0.1) is 12.5 Å². The Hall–Kier alpha value is -1.60. The average molecular weight is 290 g/mol. The van der Waals surface area contributed by atoms with Crippen molar-refractivity contribution >= 4 is 5.91 Å². The minimum atomic E-state index is -4.21. The maximum Gasteiger partial charge on any atom is 0.393 e. The van der Waals surface area contributed by atoms with Crippen LogP contribution in [0.1, 0.15) is 31.9 Å². The molecule has 1 aromatic heterocycles. The van der Waals surface area contributed by atoms with Gasteiger partial charge >= 0.3 is 6.18 Å².